The van der Waals surface area contributed by atoms with Crippen molar-refractivity contribution < 1.29 is 13.2 Å². The molecule has 148 valence electrons. The topological polar surface area (TPSA) is 79.8 Å². The summed E-state index contributed by atoms with van der Waals surface area (Å²) in [6, 6.07) is 8.36. The van der Waals surface area contributed by atoms with Gasteiger partial charge in [-0.05, 0) is 31.4 Å². The number of guanidine groups is 1. The van der Waals surface area contributed by atoms with Gasteiger partial charge in [0, 0.05) is 32.8 Å². The largest absolute Gasteiger partial charge is 0.381 e. The molecule has 0 saturated carbocycles. The van der Waals surface area contributed by atoms with Crippen molar-refractivity contribution in [3.63, 3.8) is 0 Å². The summed E-state index contributed by atoms with van der Waals surface area (Å²) in [4.78, 5) is 4.54. The quantitative estimate of drug-likeness (QED) is 0.329. The molecule has 0 aliphatic rings. The molecule has 0 aliphatic heterocycles. The highest BCUT2D eigenvalue weighted by Gasteiger charge is 2.20. The van der Waals surface area contributed by atoms with Crippen LogP contribution < -0.4 is 10.6 Å². The number of ether oxygens (including phenoxy) is 1. The van der Waals surface area contributed by atoms with Crippen LogP contribution in [0.5, 0.6) is 0 Å². The molecule has 2 N–H and O–H groups in total. The number of aliphatic imine (C=N–C) groups is 1. The molecule has 6 nitrogen and oxygen atoms in total. The van der Waals surface area contributed by atoms with E-state index in [0.29, 0.717) is 23.9 Å². The molecular formula is C19H33N3O3S. The van der Waals surface area contributed by atoms with Crippen molar-refractivity contribution in [1.29, 1.82) is 0 Å². The number of hydrogen-bond acceptors (Lipinski definition) is 4. The van der Waals surface area contributed by atoms with Gasteiger partial charge in [-0.2, -0.15) is 0 Å². The van der Waals surface area contributed by atoms with Crippen molar-refractivity contribution in [2.24, 2.45) is 4.99 Å². The number of nitrogens with one attached hydrogen (secondary N) is 2. The lowest BCUT2D eigenvalue weighted by Crippen LogP contribution is -2.46. The van der Waals surface area contributed by atoms with Gasteiger partial charge < -0.3 is 15.4 Å². The Kier molecular flexibility index (Phi) is 11.0. The molecule has 1 atom stereocenters. The fourth-order valence-electron chi connectivity index (χ4n) is 2.37. The zero-order valence-electron chi connectivity index (χ0n) is 16.2. The maximum Gasteiger partial charge on any atom is 0.191 e. The molecule has 0 spiro atoms. The third kappa shape index (κ3) is 8.67. The van der Waals surface area contributed by atoms with E-state index >= 15 is 0 Å². The van der Waals surface area contributed by atoms with E-state index in [1.54, 1.807) is 31.3 Å². The van der Waals surface area contributed by atoms with Crippen LogP contribution >= 0.6 is 0 Å². The van der Waals surface area contributed by atoms with Gasteiger partial charge in [-0.15, -0.1) is 0 Å². The van der Waals surface area contributed by atoms with Crippen LogP contribution in [0.25, 0.3) is 0 Å². The number of unbranched alkanes of at least 4 members (excludes halogenated alkanes) is 1. The Hall–Kier alpha value is -1.60. The lowest BCUT2D eigenvalue weighted by atomic mass is 10.2. The standard InChI is InChI=1S/C19H33N3O3S/c1-4-6-14-25-15-10-13-21-19(20-3)22-17(5-2)16-26(23,24)18-11-8-7-9-12-18/h7-9,11-12,17H,4-6,10,13-16H2,1-3H3,(H2,20,21,22). The van der Waals surface area contributed by atoms with Crippen LogP contribution in [0, 0.1) is 0 Å². The van der Waals surface area contributed by atoms with E-state index in [-0.39, 0.29) is 11.8 Å². The summed E-state index contributed by atoms with van der Waals surface area (Å²) >= 11 is 0. The van der Waals surface area contributed by atoms with E-state index in [2.05, 4.69) is 22.5 Å². The predicted octanol–water partition coefficient (Wildman–Crippen LogP) is 2.61. The first-order chi connectivity index (χ1) is 12.5. The molecule has 0 aromatic heterocycles. The van der Waals surface area contributed by atoms with Crippen LogP contribution in [0.4, 0.5) is 0 Å². The van der Waals surface area contributed by atoms with E-state index in [1.807, 2.05) is 13.0 Å². The Bertz CT molecular complexity index is 618. The SMILES string of the molecule is CCCCOCCCNC(=NC)NC(CC)CS(=O)(=O)c1ccccc1. The normalized spacial score (nSPS) is 13.4. The van der Waals surface area contributed by atoms with Crippen LogP contribution in [0.15, 0.2) is 40.2 Å². The second kappa shape index (κ2) is 12.7. The van der Waals surface area contributed by atoms with E-state index in [9.17, 15) is 8.42 Å². The van der Waals surface area contributed by atoms with Crippen molar-refractivity contribution in [3.8, 4) is 0 Å². The minimum Gasteiger partial charge on any atom is -0.381 e. The smallest absolute Gasteiger partial charge is 0.191 e. The molecule has 0 fully saturated rings. The Morgan fingerprint density at radius 2 is 1.85 bits per heavy atom. The molecule has 1 unspecified atom stereocenters. The summed E-state index contributed by atoms with van der Waals surface area (Å²) in [5, 5.41) is 6.42. The zero-order valence-corrected chi connectivity index (χ0v) is 17.0. The number of hydrogen-bond donors (Lipinski definition) is 2. The first kappa shape index (κ1) is 22.4. The maximum absolute atomic E-state index is 12.5. The summed E-state index contributed by atoms with van der Waals surface area (Å²) in [5.41, 5.74) is 0. The summed E-state index contributed by atoms with van der Waals surface area (Å²) in [6.07, 6.45) is 3.79. The van der Waals surface area contributed by atoms with Crippen LogP contribution in [-0.2, 0) is 14.6 Å². The lowest BCUT2D eigenvalue weighted by Gasteiger charge is -2.20. The number of nitrogens with zero attached hydrogens (tertiary/aromatic N) is 1. The Balaban J connectivity index is 2.44. The van der Waals surface area contributed by atoms with Gasteiger partial charge in [-0.25, -0.2) is 8.42 Å². The minimum absolute atomic E-state index is 0.0361. The van der Waals surface area contributed by atoms with Gasteiger partial charge in [0.05, 0.1) is 10.6 Å². The van der Waals surface area contributed by atoms with Gasteiger partial charge in [-0.1, -0.05) is 38.5 Å². The highest BCUT2D eigenvalue weighted by Crippen LogP contribution is 2.12. The van der Waals surface area contributed by atoms with Gasteiger partial charge in [0.1, 0.15) is 0 Å². The fourth-order valence-corrected chi connectivity index (χ4v) is 3.98. The molecule has 1 rings (SSSR count). The third-order valence-corrected chi connectivity index (χ3v) is 5.81. The fraction of sp³-hybridized carbons (Fsp3) is 0.632. The summed E-state index contributed by atoms with van der Waals surface area (Å²) < 4.78 is 30.6. The molecule has 26 heavy (non-hydrogen) atoms. The molecule has 7 heteroatoms. The van der Waals surface area contributed by atoms with E-state index in [0.717, 1.165) is 32.4 Å². The van der Waals surface area contributed by atoms with Crippen molar-refractivity contribution in [2.45, 2.75) is 50.5 Å². The zero-order chi connectivity index (χ0) is 19.3. The van der Waals surface area contributed by atoms with Crippen molar-refractivity contribution in [1.82, 2.24) is 10.6 Å². The maximum atomic E-state index is 12.5. The van der Waals surface area contributed by atoms with Crippen molar-refractivity contribution in [2.75, 3.05) is 32.6 Å². The molecule has 0 saturated heterocycles. The molecular weight excluding hydrogens is 350 g/mol. The first-order valence-corrected chi connectivity index (χ1v) is 11.0. The van der Waals surface area contributed by atoms with Crippen LogP contribution in [0.3, 0.4) is 0 Å². The Morgan fingerprint density at radius 1 is 1.15 bits per heavy atom. The average molecular weight is 384 g/mol. The highest BCUT2D eigenvalue weighted by atomic mass is 32.2. The lowest BCUT2D eigenvalue weighted by molar-refractivity contribution is 0.129. The van der Waals surface area contributed by atoms with Crippen LogP contribution in [-0.4, -0.2) is 53.0 Å². The number of benzene rings is 1. The second-order valence-electron chi connectivity index (χ2n) is 6.16. The summed E-state index contributed by atoms with van der Waals surface area (Å²) in [7, 11) is -1.64. The molecule has 0 bridgehead atoms. The molecule has 0 aliphatic carbocycles. The summed E-state index contributed by atoms with van der Waals surface area (Å²) in [6.45, 7) is 6.35. The average Bonchev–Trinajstić information content (AvgIpc) is 2.66. The second-order valence-corrected chi connectivity index (χ2v) is 8.20. The monoisotopic (exact) mass is 383 g/mol. The van der Waals surface area contributed by atoms with E-state index in [1.165, 1.54) is 0 Å². The predicted molar refractivity (Wildman–Crippen MR) is 107 cm³/mol. The molecule has 0 amide bonds. The van der Waals surface area contributed by atoms with Gasteiger partial charge in [0.15, 0.2) is 15.8 Å². The first-order valence-electron chi connectivity index (χ1n) is 9.36. The van der Waals surface area contributed by atoms with Gasteiger partial charge in [0.25, 0.3) is 0 Å². The highest BCUT2D eigenvalue weighted by molar-refractivity contribution is 7.91. The van der Waals surface area contributed by atoms with Gasteiger partial charge in [0.2, 0.25) is 0 Å². The summed E-state index contributed by atoms with van der Waals surface area (Å²) in [5.74, 6) is 0.655. The molecule has 0 heterocycles. The van der Waals surface area contributed by atoms with Crippen molar-refractivity contribution in [3.05, 3.63) is 30.3 Å². The number of rotatable bonds is 12. The third-order valence-electron chi connectivity index (χ3n) is 3.98. The van der Waals surface area contributed by atoms with Crippen molar-refractivity contribution >= 4 is 15.8 Å². The molecule has 1 aromatic rings. The van der Waals surface area contributed by atoms with Crippen LogP contribution in [0.1, 0.15) is 39.5 Å². The Labute approximate surface area is 158 Å². The van der Waals surface area contributed by atoms with Gasteiger partial charge in [-0.3, -0.25) is 4.99 Å². The van der Waals surface area contributed by atoms with Crippen LogP contribution in [0.2, 0.25) is 0 Å². The van der Waals surface area contributed by atoms with E-state index in [4.69, 9.17) is 4.74 Å². The molecule has 1 aromatic carbocycles. The Morgan fingerprint density at radius 3 is 2.46 bits per heavy atom. The van der Waals surface area contributed by atoms with E-state index < -0.39 is 9.84 Å². The number of sulfone groups is 1. The molecule has 0 radical (unpaired) electrons. The van der Waals surface area contributed by atoms with Gasteiger partial charge >= 0.3 is 0 Å². The minimum atomic E-state index is -3.33.